The molecule has 0 spiro atoms. The highest BCUT2D eigenvalue weighted by atomic mass is 14.2. The van der Waals surface area contributed by atoms with Crippen LogP contribution in [0.15, 0.2) is 121 Å². The summed E-state index contributed by atoms with van der Waals surface area (Å²) in [7, 11) is 0. The molecule has 0 saturated heterocycles. The maximum atomic E-state index is 2.32. The molecule has 3 atom stereocenters. The molecule has 3 unspecified atom stereocenters. The summed E-state index contributed by atoms with van der Waals surface area (Å²) in [5.74, 6) is 2.18. The van der Waals surface area contributed by atoms with E-state index in [-0.39, 0.29) is 12.8 Å². The second-order valence-electron chi connectivity index (χ2n) is 10.7. The van der Waals surface area contributed by atoms with E-state index < -0.39 is 0 Å². The normalized spacial score (nSPS) is 12.8. The van der Waals surface area contributed by atoms with Crippen LogP contribution in [0.2, 0.25) is 0 Å². The van der Waals surface area contributed by atoms with E-state index in [1.807, 2.05) is 0 Å². The molecule has 0 N–H and O–H groups in total. The predicted molar refractivity (Wildman–Crippen MR) is 171 cm³/mol. The van der Waals surface area contributed by atoms with Crippen LogP contribution in [0.5, 0.6) is 0 Å². The zero-order valence-electron chi connectivity index (χ0n) is 24.2. The molecule has 0 aliphatic carbocycles. The minimum absolute atomic E-state index is 0. The Morgan fingerprint density at radius 1 is 0.500 bits per heavy atom. The minimum atomic E-state index is 0. The maximum absolute atomic E-state index is 2.32. The molecule has 0 saturated carbocycles. The van der Waals surface area contributed by atoms with E-state index in [0.29, 0.717) is 11.8 Å². The highest BCUT2D eigenvalue weighted by Crippen LogP contribution is 2.30. The van der Waals surface area contributed by atoms with Crippen LogP contribution in [-0.2, 0) is 5.41 Å². The molecule has 0 nitrogen and oxygen atoms in total. The fraction of sp³-hybridized carbons (Fsp3) is 0.368. The lowest BCUT2D eigenvalue weighted by Crippen LogP contribution is -2.18. The molecule has 4 rings (SSSR count). The van der Waals surface area contributed by atoms with Crippen LogP contribution in [0, 0.1) is 5.92 Å². The van der Waals surface area contributed by atoms with Crippen molar-refractivity contribution in [3.63, 3.8) is 0 Å². The van der Waals surface area contributed by atoms with Gasteiger partial charge in [-0.25, -0.2) is 0 Å². The lowest BCUT2D eigenvalue weighted by atomic mass is 9.78. The van der Waals surface area contributed by atoms with Gasteiger partial charge >= 0.3 is 0 Å². The first-order chi connectivity index (χ1) is 17.8. The zero-order valence-corrected chi connectivity index (χ0v) is 24.2. The quantitative estimate of drug-likeness (QED) is 0.233. The van der Waals surface area contributed by atoms with Gasteiger partial charge in [0.05, 0.1) is 0 Å². The molecular weight excluding hydrogens is 456 g/mol. The fourth-order valence-corrected chi connectivity index (χ4v) is 4.33. The average molecular weight is 509 g/mol. The molecule has 0 aliphatic rings. The van der Waals surface area contributed by atoms with E-state index in [1.165, 1.54) is 35.1 Å². The smallest absolute Gasteiger partial charge is 0.0146 e. The van der Waals surface area contributed by atoms with Gasteiger partial charge in [-0.15, -0.1) is 0 Å². The largest absolute Gasteiger partial charge is 0.0776 e. The Labute approximate surface area is 235 Å². The van der Waals surface area contributed by atoms with Crippen molar-refractivity contribution in [2.24, 2.45) is 5.92 Å². The summed E-state index contributed by atoms with van der Waals surface area (Å²) < 4.78 is 0. The van der Waals surface area contributed by atoms with Crippen LogP contribution in [0.25, 0.3) is 0 Å². The van der Waals surface area contributed by atoms with Gasteiger partial charge in [0.25, 0.3) is 0 Å². The lowest BCUT2D eigenvalue weighted by Gasteiger charge is -2.25. The molecule has 0 fully saturated rings. The van der Waals surface area contributed by atoms with Crippen LogP contribution >= 0.6 is 0 Å². The third-order valence-electron chi connectivity index (χ3n) is 7.79. The van der Waals surface area contributed by atoms with E-state index >= 15 is 0 Å². The SMILES string of the molecule is C.CC(C)(c1ccccc1)c1ccccc1.CCC(C)C(C)c1ccccc1.CCC(C)c1ccccc1. The average Bonchev–Trinajstić information content (AvgIpc) is 2.98. The second-order valence-corrected chi connectivity index (χ2v) is 10.7. The van der Waals surface area contributed by atoms with Gasteiger partial charge in [-0.1, -0.05) is 184 Å². The zero-order chi connectivity index (χ0) is 27.1. The first kappa shape index (κ1) is 32.9. The third kappa shape index (κ3) is 10.3. The summed E-state index contributed by atoms with van der Waals surface area (Å²) in [4.78, 5) is 0. The first-order valence-electron chi connectivity index (χ1n) is 14.0. The molecule has 4 aromatic carbocycles. The summed E-state index contributed by atoms with van der Waals surface area (Å²) >= 11 is 0. The van der Waals surface area contributed by atoms with E-state index in [2.05, 4.69) is 170 Å². The van der Waals surface area contributed by atoms with Gasteiger partial charge in [0.15, 0.2) is 0 Å². The molecule has 0 radical (unpaired) electrons. The van der Waals surface area contributed by atoms with Gasteiger partial charge in [0.2, 0.25) is 0 Å². The van der Waals surface area contributed by atoms with Crippen molar-refractivity contribution in [2.75, 3.05) is 0 Å². The van der Waals surface area contributed by atoms with Crippen LogP contribution in [-0.4, -0.2) is 0 Å². The Balaban J connectivity index is 0.000000288. The summed E-state index contributed by atoms with van der Waals surface area (Å²) in [6, 6.07) is 42.6. The topological polar surface area (TPSA) is 0 Å². The van der Waals surface area contributed by atoms with Crippen LogP contribution < -0.4 is 0 Å². The Bertz CT molecular complexity index is 1040. The molecule has 0 aromatic heterocycles. The van der Waals surface area contributed by atoms with Gasteiger partial charge in [-0.3, -0.25) is 0 Å². The molecule has 0 amide bonds. The molecule has 38 heavy (non-hydrogen) atoms. The third-order valence-corrected chi connectivity index (χ3v) is 7.79. The van der Waals surface area contributed by atoms with Crippen molar-refractivity contribution >= 4 is 0 Å². The molecule has 0 aliphatic heterocycles. The summed E-state index contributed by atoms with van der Waals surface area (Å²) in [6.45, 7) is 15.9. The van der Waals surface area contributed by atoms with Crippen molar-refractivity contribution in [2.45, 2.75) is 86.0 Å². The Kier molecular flexibility index (Phi) is 15.1. The van der Waals surface area contributed by atoms with Crippen molar-refractivity contribution in [3.8, 4) is 0 Å². The Morgan fingerprint density at radius 2 is 0.842 bits per heavy atom. The van der Waals surface area contributed by atoms with E-state index in [9.17, 15) is 0 Å². The molecule has 0 heteroatoms. The van der Waals surface area contributed by atoms with Crippen LogP contribution in [0.3, 0.4) is 0 Å². The molecule has 4 aromatic rings. The Hall–Kier alpha value is -3.12. The van der Waals surface area contributed by atoms with Crippen LogP contribution in [0.1, 0.15) is 103 Å². The molecular formula is C38H52. The molecule has 0 heterocycles. The standard InChI is InChI=1S/C15H16.C12H18.C10H14.CH4/c1-15(2,13-9-5-3-6-10-13)14-11-7-4-8-12-14;1-4-10(2)11(3)12-8-6-5-7-9-12;1-3-9(2)10-7-5-4-6-8-10;/h3-12H,1-2H3;5-11H,4H2,1-3H3;4-9H,3H2,1-2H3;1H4. The monoisotopic (exact) mass is 508 g/mol. The highest BCUT2D eigenvalue weighted by molar-refractivity contribution is 5.37. The number of hydrogen-bond donors (Lipinski definition) is 0. The van der Waals surface area contributed by atoms with Gasteiger partial charge in [0.1, 0.15) is 0 Å². The lowest BCUT2D eigenvalue weighted by molar-refractivity contribution is 0.473. The van der Waals surface area contributed by atoms with E-state index in [0.717, 1.165) is 5.92 Å². The van der Waals surface area contributed by atoms with Crippen molar-refractivity contribution in [1.82, 2.24) is 0 Å². The van der Waals surface area contributed by atoms with Crippen LogP contribution in [0.4, 0.5) is 0 Å². The van der Waals surface area contributed by atoms with Gasteiger partial charge in [-0.05, 0) is 46.4 Å². The van der Waals surface area contributed by atoms with Crippen molar-refractivity contribution in [1.29, 1.82) is 0 Å². The minimum Gasteiger partial charge on any atom is -0.0776 e. The van der Waals surface area contributed by atoms with Crippen molar-refractivity contribution < 1.29 is 0 Å². The van der Waals surface area contributed by atoms with Gasteiger partial charge in [0, 0.05) is 5.41 Å². The van der Waals surface area contributed by atoms with Gasteiger partial charge in [-0.2, -0.15) is 0 Å². The van der Waals surface area contributed by atoms with Crippen molar-refractivity contribution in [3.05, 3.63) is 144 Å². The van der Waals surface area contributed by atoms with E-state index in [4.69, 9.17) is 0 Å². The van der Waals surface area contributed by atoms with E-state index in [1.54, 1.807) is 0 Å². The predicted octanol–water partition coefficient (Wildman–Crippen LogP) is 11.7. The molecule has 204 valence electrons. The first-order valence-corrected chi connectivity index (χ1v) is 14.0. The maximum Gasteiger partial charge on any atom is 0.0146 e. The second kappa shape index (κ2) is 17.4. The number of benzene rings is 4. The Morgan fingerprint density at radius 3 is 1.18 bits per heavy atom. The fourth-order valence-electron chi connectivity index (χ4n) is 4.33. The highest BCUT2D eigenvalue weighted by Gasteiger charge is 2.21. The summed E-state index contributed by atoms with van der Waals surface area (Å²) in [5.41, 5.74) is 5.71. The number of rotatable bonds is 7. The summed E-state index contributed by atoms with van der Waals surface area (Å²) in [5, 5.41) is 0. The molecule has 0 bridgehead atoms. The van der Waals surface area contributed by atoms with Gasteiger partial charge < -0.3 is 0 Å². The number of hydrogen-bond acceptors (Lipinski definition) is 0. The summed E-state index contributed by atoms with van der Waals surface area (Å²) in [6.07, 6.45) is 2.49.